The van der Waals surface area contributed by atoms with Gasteiger partial charge in [-0.2, -0.15) is 11.8 Å². The molecule has 0 aliphatic carbocycles. The molecule has 0 saturated carbocycles. The molecule has 9 heteroatoms. The molecular weight excluding hydrogens is 480 g/mol. The first kappa shape index (κ1) is 25.0. The molecule has 1 amide bonds. The summed E-state index contributed by atoms with van der Waals surface area (Å²) in [6, 6.07) is 22.3. The number of amides is 1. The smallest absolute Gasteiger partial charge is 0.264 e. The highest BCUT2D eigenvalue weighted by atomic mass is 35.5. The summed E-state index contributed by atoms with van der Waals surface area (Å²) in [6.45, 7) is 0.114. The highest BCUT2D eigenvalue weighted by Gasteiger charge is 2.27. The fraction of sp³-hybridized carbons (Fsp3) is 0.208. The van der Waals surface area contributed by atoms with Gasteiger partial charge >= 0.3 is 0 Å². The first-order valence-electron chi connectivity index (χ1n) is 10.2. The molecule has 174 valence electrons. The van der Waals surface area contributed by atoms with Crippen molar-refractivity contribution in [1.82, 2.24) is 5.32 Å². The molecule has 1 N–H and O–H groups in total. The maximum atomic E-state index is 13.3. The van der Waals surface area contributed by atoms with Gasteiger partial charge in [0.2, 0.25) is 5.91 Å². The predicted molar refractivity (Wildman–Crippen MR) is 135 cm³/mol. The maximum absolute atomic E-state index is 13.3. The first-order valence-corrected chi connectivity index (χ1v) is 13.2. The average molecular weight is 505 g/mol. The zero-order valence-electron chi connectivity index (χ0n) is 18.1. The van der Waals surface area contributed by atoms with Crippen LogP contribution in [0.1, 0.15) is 5.56 Å². The number of methoxy groups -OCH3 is 1. The lowest BCUT2D eigenvalue weighted by Crippen LogP contribution is -2.41. The van der Waals surface area contributed by atoms with E-state index in [4.69, 9.17) is 16.3 Å². The van der Waals surface area contributed by atoms with Crippen LogP contribution in [-0.4, -0.2) is 40.3 Å². The minimum absolute atomic E-state index is 0.0819. The Morgan fingerprint density at radius 2 is 1.67 bits per heavy atom. The van der Waals surface area contributed by atoms with Crippen molar-refractivity contribution in [3.8, 4) is 5.75 Å². The quantitative estimate of drug-likeness (QED) is 0.386. The number of carbonyl (C=O) groups is 1. The molecule has 0 aromatic heterocycles. The van der Waals surface area contributed by atoms with Crippen LogP contribution in [0.4, 0.5) is 5.69 Å². The van der Waals surface area contributed by atoms with Crippen LogP contribution >= 0.6 is 23.4 Å². The van der Waals surface area contributed by atoms with Crippen molar-refractivity contribution in [3.05, 3.63) is 89.4 Å². The van der Waals surface area contributed by atoms with Crippen molar-refractivity contribution in [2.75, 3.05) is 30.3 Å². The minimum Gasteiger partial charge on any atom is -0.497 e. The molecule has 3 rings (SSSR count). The zero-order valence-corrected chi connectivity index (χ0v) is 20.5. The summed E-state index contributed by atoms with van der Waals surface area (Å²) in [7, 11) is -2.44. The second-order valence-corrected chi connectivity index (χ2v) is 10.5. The molecule has 0 heterocycles. The van der Waals surface area contributed by atoms with Crippen molar-refractivity contribution < 1.29 is 17.9 Å². The molecule has 3 aromatic carbocycles. The van der Waals surface area contributed by atoms with Gasteiger partial charge in [-0.15, -0.1) is 0 Å². The van der Waals surface area contributed by atoms with Crippen LogP contribution in [0.25, 0.3) is 0 Å². The van der Waals surface area contributed by atoms with Gasteiger partial charge in [0, 0.05) is 23.1 Å². The SMILES string of the molecule is COc1ccc(S(=O)(=O)N(CC(=O)NCCSCc2ccc(Cl)cc2)c2ccccc2)cc1. The number of anilines is 1. The van der Waals surface area contributed by atoms with Gasteiger partial charge in [-0.1, -0.05) is 41.9 Å². The number of hydrogen-bond acceptors (Lipinski definition) is 5. The fourth-order valence-electron chi connectivity index (χ4n) is 3.00. The summed E-state index contributed by atoms with van der Waals surface area (Å²) in [4.78, 5) is 12.7. The van der Waals surface area contributed by atoms with E-state index < -0.39 is 10.0 Å². The number of para-hydroxylation sites is 1. The highest BCUT2D eigenvalue weighted by Crippen LogP contribution is 2.25. The second-order valence-electron chi connectivity index (χ2n) is 7.05. The standard InChI is InChI=1S/C24H25ClN2O4S2/c1-31-22-11-13-23(14-12-22)33(29,30)27(21-5-3-2-4-6-21)17-24(28)26-15-16-32-18-19-7-9-20(25)10-8-19/h2-14H,15-18H2,1H3,(H,26,28). The van der Waals surface area contributed by atoms with E-state index in [0.29, 0.717) is 28.8 Å². The summed E-state index contributed by atoms with van der Waals surface area (Å²) in [5, 5.41) is 3.51. The average Bonchev–Trinajstić information content (AvgIpc) is 2.84. The maximum Gasteiger partial charge on any atom is 0.264 e. The van der Waals surface area contributed by atoms with E-state index in [1.807, 2.05) is 24.3 Å². The number of nitrogens with one attached hydrogen (secondary N) is 1. The molecule has 33 heavy (non-hydrogen) atoms. The number of ether oxygens (including phenoxy) is 1. The van der Waals surface area contributed by atoms with Crippen LogP contribution in [0.5, 0.6) is 5.75 Å². The van der Waals surface area contributed by atoms with Crippen LogP contribution in [0.2, 0.25) is 5.02 Å². The molecule has 0 aliphatic heterocycles. The first-order chi connectivity index (χ1) is 15.9. The van der Waals surface area contributed by atoms with Crippen molar-refractivity contribution in [2.24, 2.45) is 0 Å². The van der Waals surface area contributed by atoms with Gasteiger partial charge < -0.3 is 10.1 Å². The van der Waals surface area contributed by atoms with E-state index in [1.54, 1.807) is 54.2 Å². The molecule has 0 unspecified atom stereocenters. The molecule has 0 spiro atoms. The van der Waals surface area contributed by atoms with Crippen LogP contribution in [0, 0.1) is 0 Å². The van der Waals surface area contributed by atoms with Crippen molar-refractivity contribution >= 4 is 45.0 Å². The van der Waals surface area contributed by atoms with E-state index in [9.17, 15) is 13.2 Å². The number of sulfonamides is 1. The van der Waals surface area contributed by atoms with Crippen molar-refractivity contribution in [3.63, 3.8) is 0 Å². The van der Waals surface area contributed by atoms with E-state index >= 15 is 0 Å². The Labute approximate surface area is 204 Å². The van der Waals surface area contributed by atoms with Gasteiger partial charge in [0.05, 0.1) is 17.7 Å². The van der Waals surface area contributed by atoms with E-state index in [-0.39, 0.29) is 17.3 Å². The van der Waals surface area contributed by atoms with Crippen molar-refractivity contribution in [2.45, 2.75) is 10.6 Å². The minimum atomic E-state index is -3.95. The molecule has 3 aromatic rings. The Bertz CT molecular complexity index is 1140. The summed E-state index contributed by atoms with van der Waals surface area (Å²) < 4.78 is 32.9. The number of nitrogens with zero attached hydrogens (tertiary/aromatic N) is 1. The van der Waals surface area contributed by atoms with Gasteiger partial charge in [0.15, 0.2) is 0 Å². The molecule has 0 radical (unpaired) electrons. The molecule has 0 bridgehead atoms. The number of rotatable bonds is 11. The monoisotopic (exact) mass is 504 g/mol. The molecule has 6 nitrogen and oxygen atoms in total. The third kappa shape index (κ3) is 7.15. The Kier molecular flexibility index (Phi) is 9.05. The largest absolute Gasteiger partial charge is 0.497 e. The Morgan fingerprint density at radius 3 is 2.30 bits per heavy atom. The summed E-state index contributed by atoms with van der Waals surface area (Å²) in [5.74, 6) is 1.68. The summed E-state index contributed by atoms with van der Waals surface area (Å²) in [6.07, 6.45) is 0. The van der Waals surface area contributed by atoms with Gasteiger partial charge in [0.1, 0.15) is 12.3 Å². The number of halogens is 1. The van der Waals surface area contributed by atoms with Gasteiger partial charge in [-0.3, -0.25) is 9.10 Å². The third-order valence-corrected chi connectivity index (χ3v) is 7.80. The Morgan fingerprint density at radius 1 is 1.00 bits per heavy atom. The fourth-order valence-corrected chi connectivity index (χ4v) is 5.37. The van der Waals surface area contributed by atoms with Gasteiger partial charge in [-0.25, -0.2) is 8.42 Å². The lowest BCUT2D eigenvalue weighted by molar-refractivity contribution is -0.119. The van der Waals surface area contributed by atoms with Gasteiger partial charge in [0.25, 0.3) is 10.0 Å². The summed E-state index contributed by atoms with van der Waals surface area (Å²) >= 11 is 7.57. The lowest BCUT2D eigenvalue weighted by Gasteiger charge is -2.24. The number of thioether (sulfide) groups is 1. The van der Waals surface area contributed by atoms with Gasteiger partial charge in [-0.05, 0) is 54.1 Å². The van der Waals surface area contributed by atoms with E-state index in [2.05, 4.69) is 5.32 Å². The van der Waals surface area contributed by atoms with Crippen LogP contribution in [0.15, 0.2) is 83.8 Å². The van der Waals surface area contributed by atoms with E-state index in [0.717, 1.165) is 15.6 Å². The van der Waals surface area contributed by atoms with Crippen molar-refractivity contribution in [1.29, 1.82) is 0 Å². The number of carbonyl (C=O) groups excluding carboxylic acids is 1. The topological polar surface area (TPSA) is 75.7 Å². The Hall–Kier alpha value is -2.68. The molecular formula is C24H25ClN2O4S2. The highest BCUT2D eigenvalue weighted by molar-refractivity contribution is 7.98. The van der Waals surface area contributed by atoms with Crippen LogP contribution < -0.4 is 14.4 Å². The third-order valence-electron chi connectivity index (χ3n) is 4.73. The van der Waals surface area contributed by atoms with E-state index in [1.165, 1.54) is 19.2 Å². The lowest BCUT2D eigenvalue weighted by atomic mass is 10.2. The normalized spacial score (nSPS) is 11.1. The number of benzene rings is 3. The summed E-state index contributed by atoms with van der Waals surface area (Å²) in [5.41, 5.74) is 1.57. The molecule has 0 saturated heterocycles. The predicted octanol–water partition coefficient (Wildman–Crippen LogP) is 4.59. The van der Waals surface area contributed by atoms with Crippen LogP contribution in [0.3, 0.4) is 0 Å². The number of hydrogen-bond donors (Lipinski definition) is 1. The molecule has 0 atom stereocenters. The molecule has 0 fully saturated rings. The zero-order chi connectivity index (χ0) is 23.7. The molecule has 0 aliphatic rings. The second kappa shape index (κ2) is 12.0. The Balaban J connectivity index is 1.61. The van der Waals surface area contributed by atoms with Crippen LogP contribution in [-0.2, 0) is 20.6 Å².